The summed E-state index contributed by atoms with van der Waals surface area (Å²) in [7, 11) is 0. The van der Waals surface area contributed by atoms with Gasteiger partial charge in [0.1, 0.15) is 0 Å². The minimum Gasteiger partial charge on any atom is -0.440 e. The zero-order valence-electron chi connectivity index (χ0n) is 6.93. The first kappa shape index (κ1) is 9.13. The van der Waals surface area contributed by atoms with Gasteiger partial charge in [0.2, 0.25) is 0 Å². The summed E-state index contributed by atoms with van der Waals surface area (Å²) >= 11 is 5.49. The van der Waals surface area contributed by atoms with Crippen molar-refractivity contribution in [3.63, 3.8) is 0 Å². The SMILES string of the molecule is CC(C)NC(=O)c1ccc(Cl)o1. The van der Waals surface area contributed by atoms with Crippen molar-refractivity contribution in [1.29, 1.82) is 0 Å². The molecule has 1 amide bonds. The Kier molecular flexibility index (Phi) is 2.76. The second kappa shape index (κ2) is 3.63. The van der Waals surface area contributed by atoms with Crippen LogP contribution in [0.5, 0.6) is 0 Å². The third kappa shape index (κ3) is 2.27. The average molecular weight is 188 g/mol. The number of rotatable bonds is 2. The van der Waals surface area contributed by atoms with Gasteiger partial charge in [-0.15, -0.1) is 0 Å². The summed E-state index contributed by atoms with van der Waals surface area (Å²) in [5.41, 5.74) is 0. The molecule has 1 heterocycles. The van der Waals surface area contributed by atoms with Gasteiger partial charge in [-0.1, -0.05) is 0 Å². The molecular weight excluding hydrogens is 178 g/mol. The number of carbonyl (C=O) groups is 1. The van der Waals surface area contributed by atoms with Crippen LogP contribution >= 0.6 is 11.6 Å². The lowest BCUT2D eigenvalue weighted by Gasteiger charge is -2.04. The van der Waals surface area contributed by atoms with Crippen LogP contribution in [0.15, 0.2) is 16.5 Å². The third-order valence-corrected chi connectivity index (χ3v) is 1.42. The molecule has 4 heteroatoms. The van der Waals surface area contributed by atoms with Gasteiger partial charge in [0.05, 0.1) is 0 Å². The van der Waals surface area contributed by atoms with Crippen LogP contribution in [0.3, 0.4) is 0 Å². The first-order valence-electron chi connectivity index (χ1n) is 3.66. The van der Waals surface area contributed by atoms with Gasteiger partial charge in [-0.05, 0) is 37.6 Å². The summed E-state index contributed by atoms with van der Waals surface area (Å²) in [4.78, 5) is 11.2. The van der Waals surface area contributed by atoms with Gasteiger partial charge in [-0.25, -0.2) is 0 Å². The summed E-state index contributed by atoms with van der Waals surface area (Å²) in [6.07, 6.45) is 0. The first-order chi connectivity index (χ1) is 5.59. The molecule has 0 aliphatic carbocycles. The number of carbonyl (C=O) groups excluding carboxylic acids is 1. The maximum absolute atomic E-state index is 11.2. The maximum atomic E-state index is 11.2. The van der Waals surface area contributed by atoms with E-state index in [-0.39, 0.29) is 22.9 Å². The van der Waals surface area contributed by atoms with Crippen LogP contribution in [0, 0.1) is 0 Å². The molecule has 0 aromatic carbocycles. The van der Waals surface area contributed by atoms with Gasteiger partial charge >= 0.3 is 0 Å². The number of hydrogen-bond donors (Lipinski definition) is 1. The molecule has 0 unspecified atom stereocenters. The van der Waals surface area contributed by atoms with Crippen LogP contribution < -0.4 is 5.32 Å². The van der Waals surface area contributed by atoms with Crippen LogP contribution in [-0.4, -0.2) is 11.9 Å². The smallest absolute Gasteiger partial charge is 0.287 e. The van der Waals surface area contributed by atoms with Gasteiger partial charge in [-0.2, -0.15) is 0 Å². The molecule has 0 aliphatic rings. The topological polar surface area (TPSA) is 42.2 Å². The fourth-order valence-corrected chi connectivity index (χ4v) is 0.916. The van der Waals surface area contributed by atoms with Crippen molar-refractivity contribution < 1.29 is 9.21 Å². The molecule has 1 aromatic rings. The van der Waals surface area contributed by atoms with Crippen LogP contribution in [0.4, 0.5) is 0 Å². The molecule has 0 atom stereocenters. The largest absolute Gasteiger partial charge is 0.440 e. The van der Waals surface area contributed by atoms with Crippen molar-refractivity contribution in [3.8, 4) is 0 Å². The molecule has 0 bridgehead atoms. The lowest BCUT2D eigenvalue weighted by Crippen LogP contribution is -2.29. The van der Waals surface area contributed by atoms with E-state index >= 15 is 0 Å². The van der Waals surface area contributed by atoms with Crippen LogP contribution in [-0.2, 0) is 0 Å². The molecule has 1 rings (SSSR count). The molecule has 0 saturated carbocycles. The van der Waals surface area contributed by atoms with Gasteiger partial charge in [0.25, 0.3) is 5.91 Å². The van der Waals surface area contributed by atoms with Gasteiger partial charge in [0, 0.05) is 6.04 Å². The fourth-order valence-electron chi connectivity index (χ4n) is 0.770. The Bertz CT molecular complexity index is 280. The fraction of sp³-hybridized carbons (Fsp3) is 0.375. The number of halogens is 1. The lowest BCUT2D eigenvalue weighted by molar-refractivity contribution is 0.0915. The second-order valence-corrected chi connectivity index (χ2v) is 3.10. The van der Waals surface area contributed by atoms with Crippen molar-refractivity contribution in [3.05, 3.63) is 23.1 Å². The Labute approximate surface area is 75.7 Å². The normalized spacial score (nSPS) is 10.3. The molecule has 1 N–H and O–H groups in total. The number of furan rings is 1. The van der Waals surface area contributed by atoms with Crippen molar-refractivity contribution in [2.75, 3.05) is 0 Å². The zero-order valence-corrected chi connectivity index (χ0v) is 7.68. The lowest BCUT2D eigenvalue weighted by atomic mass is 10.3. The van der Waals surface area contributed by atoms with Crippen LogP contribution in [0.2, 0.25) is 5.22 Å². The highest BCUT2D eigenvalue weighted by atomic mass is 35.5. The van der Waals surface area contributed by atoms with Crippen molar-refractivity contribution in [2.24, 2.45) is 0 Å². The minimum atomic E-state index is -0.239. The Morgan fingerprint density at radius 3 is 2.67 bits per heavy atom. The summed E-state index contributed by atoms with van der Waals surface area (Å²) < 4.78 is 4.90. The molecule has 0 fully saturated rings. The molecule has 3 nitrogen and oxygen atoms in total. The number of amides is 1. The molecule has 0 aliphatic heterocycles. The highest BCUT2D eigenvalue weighted by Crippen LogP contribution is 2.12. The summed E-state index contributed by atoms with van der Waals surface area (Å²) in [6, 6.07) is 3.18. The molecule has 0 spiro atoms. The first-order valence-corrected chi connectivity index (χ1v) is 4.03. The monoisotopic (exact) mass is 187 g/mol. The van der Waals surface area contributed by atoms with E-state index in [4.69, 9.17) is 16.0 Å². The van der Waals surface area contributed by atoms with Gasteiger partial charge in [-0.3, -0.25) is 4.79 Å². The van der Waals surface area contributed by atoms with E-state index in [0.29, 0.717) is 0 Å². The number of hydrogen-bond acceptors (Lipinski definition) is 2. The van der Waals surface area contributed by atoms with E-state index in [9.17, 15) is 4.79 Å². The van der Waals surface area contributed by atoms with Crippen LogP contribution in [0.25, 0.3) is 0 Å². The second-order valence-electron chi connectivity index (χ2n) is 2.73. The van der Waals surface area contributed by atoms with Crippen LogP contribution in [0.1, 0.15) is 24.4 Å². The van der Waals surface area contributed by atoms with Crippen molar-refractivity contribution in [2.45, 2.75) is 19.9 Å². The quantitative estimate of drug-likeness (QED) is 0.770. The van der Waals surface area contributed by atoms with Crippen molar-refractivity contribution in [1.82, 2.24) is 5.32 Å². The predicted molar refractivity (Wildman–Crippen MR) is 46.3 cm³/mol. The molecule has 12 heavy (non-hydrogen) atoms. The summed E-state index contributed by atoms with van der Waals surface area (Å²) in [5, 5.41) is 2.91. The molecule has 66 valence electrons. The standard InChI is InChI=1S/C8H10ClNO2/c1-5(2)10-8(11)6-3-4-7(9)12-6/h3-5H,1-2H3,(H,10,11). The van der Waals surface area contributed by atoms with E-state index in [2.05, 4.69) is 5.32 Å². The Morgan fingerprint density at radius 2 is 2.25 bits per heavy atom. The minimum absolute atomic E-state index is 0.0985. The Morgan fingerprint density at radius 1 is 1.58 bits per heavy atom. The van der Waals surface area contributed by atoms with E-state index in [1.165, 1.54) is 6.07 Å². The van der Waals surface area contributed by atoms with E-state index in [0.717, 1.165) is 0 Å². The summed E-state index contributed by atoms with van der Waals surface area (Å²) in [6.45, 7) is 3.75. The maximum Gasteiger partial charge on any atom is 0.287 e. The van der Waals surface area contributed by atoms with Crippen molar-refractivity contribution >= 4 is 17.5 Å². The van der Waals surface area contributed by atoms with Gasteiger partial charge in [0.15, 0.2) is 11.0 Å². The third-order valence-electron chi connectivity index (χ3n) is 1.22. The van der Waals surface area contributed by atoms with E-state index in [1.54, 1.807) is 6.07 Å². The Hall–Kier alpha value is -0.960. The average Bonchev–Trinajstić information content (AvgIpc) is 2.34. The Balaban J connectivity index is 2.65. The van der Waals surface area contributed by atoms with E-state index in [1.807, 2.05) is 13.8 Å². The summed E-state index contributed by atoms with van der Waals surface area (Å²) in [5.74, 6) is 0.00519. The molecule has 0 saturated heterocycles. The number of nitrogens with one attached hydrogen (secondary N) is 1. The predicted octanol–water partition coefficient (Wildman–Crippen LogP) is 2.07. The molecular formula is C8H10ClNO2. The highest BCUT2D eigenvalue weighted by molar-refractivity contribution is 6.29. The molecule has 1 aromatic heterocycles. The molecule has 0 radical (unpaired) electrons. The van der Waals surface area contributed by atoms with E-state index < -0.39 is 0 Å². The zero-order chi connectivity index (χ0) is 9.14. The van der Waals surface area contributed by atoms with Gasteiger partial charge < -0.3 is 9.73 Å². The highest BCUT2D eigenvalue weighted by Gasteiger charge is 2.10.